The van der Waals surface area contributed by atoms with Crippen molar-refractivity contribution in [2.75, 3.05) is 39.9 Å². The third kappa shape index (κ3) is 6.70. The third-order valence-electron chi connectivity index (χ3n) is 5.21. The molecule has 0 saturated carbocycles. The van der Waals surface area contributed by atoms with Crippen LogP contribution in [-0.2, 0) is 11.2 Å². The van der Waals surface area contributed by atoms with Gasteiger partial charge in [-0.25, -0.2) is 4.68 Å². The van der Waals surface area contributed by atoms with Gasteiger partial charge in [-0.15, -0.1) is 24.0 Å². The first-order chi connectivity index (χ1) is 13.7. The number of aliphatic imine (C=N–C) groups is 1. The van der Waals surface area contributed by atoms with Crippen LogP contribution < -0.4 is 5.32 Å². The SMILES string of the molecule is CCNC(=NCCCc1cn(-c2ccccc2)nc1C)N1CCC(COC)C1.I. The predicted molar refractivity (Wildman–Crippen MR) is 130 cm³/mol. The lowest BCUT2D eigenvalue weighted by Gasteiger charge is -2.21. The summed E-state index contributed by atoms with van der Waals surface area (Å²) >= 11 is 0. The fourth-order valence-corrected chi connectivity index (χ4v) is 3.73. The average Bonchev–Trinajstić information content (AvgIpc) is 3.32. The number of nitrogens with zero attached hydrogens (tertiary/aromatic N) is 4. The van der Waals surface area contributed by atoms with E-state index in [4.69, 9.17) is 9.73 Å². The molecule has 0 aliphatic carbocycles. The molecule has 29 heavy (non-hydrogen) atoms. The number of likely N-dealkylation sites (tertiary alicyclic amines) is 1. The minimum atomic E-state index is 0. The number of methoxy groups -OCH3 is 1. The molecule has 2 aromatic rings. The fourth-order valence-electron chi connectivity index (χ4n) is 3.73. The maximum atomic E-state index is 5.31. The first-order valence-electron chi connectivity index (χ1n) is 10.3. The van der Waals surface area contributed by atoms with Crippen molar-refractivity contribution in [3.8, 4) is 5.69 Å². The topological polar surface area (TPSA) is 54.7 Å². The van der Waals surface area contributed by atoms with E-state index >= 15 is 0 Å². The van der Waals surface area contributed by atoms with Crippen molar-refractivity contribution in [3.05, 3.63) is 47.8 Å². The van der Waals surface area contributed by atoms with Crippen LogP contribution in [0.3, 0.4) is 0 Å². The number of para-hydroxylation sites is 1. The molecular formula is C22H34IN5O. The van der Waals surface area contributed by atoms with Gasteiger partial charge in [-0.2, -0.15) is 5.10 Å². The number of halogens is 1. The number of ether oxygens (including phenoxy) is 1. The maximum Gasteiger partial charge on any atom is 0.193 e. The van der Waals surface area contributed by atoms with E-state index in [0.717, 1.165) is 63.0 Å². The monoisotopic (exact) mass is 511 g/mol. The molecule has 1 atom stereocenters. The Morgan fingerprint density at radius 2 is 2.10 bits per heavy atom. The van der Waals surface area contributed by atoms with Crippen molar-refractivity contribution in [2.24, 2.45) is 10.9 Å². The van der Waals surface area contributed by atoms with Crippen molar-refractivity contribution < 1.29 is 4.74 Å². The molecule has 1 aromatic heterocycles. The molecule has 0 spiro atoms. The summed E-state index contributed by atoms with van der Waals surface area (Å²) in [5.74, 6) is 1.65. The molecule has 7 heteroatoms. The quantitative estimate of drug-likeness (QED) is 0.255. The van der Waals surface area contributed by atoms with Gasteiger partial charge in [0.25, 0.3) is 0 Å². The number of nitrogens with one attached hydrogen (secondary N) is 1. The molecule has 6 nitrogen and oxygen atoms in total. The Labute approximate surface area is 191 Å². The second-order valence-electron chi connectivity index (χ2n) is 7.42. The Hall–Kier alpha value is -1.61. The van der Waals surface area contributed by atoms with Gasteiger partial charge in [0.2, 0.25) is 0 Å². The second-order valence-corrected chi connectivity index (χ2v) is 7.42. The molecule has 1 N–H and O–H groups in total. The summed E-state index contributed by atoms with van der Waals surface area (Å²) in [7, 11) is 1.78. The lowest BCUT2D eigenvalue weighted by atomic mass is 10.1. The van der Waals surface area contributed by atoms with Crippen molar-refractivity contribution in [1.82, 2.24) is 20.0 Å². The highest BCUT2D eigenvalue weighted by atomic mass is 127. The number of rotatable bonds is 8. The summed E-state index contributed by atoms with van der Waals surface area (Å²) in [6.07, 6.45) is 5.34. The number of guanidine groups is 1. The zero-order valence-electron chi connectivity index (χ0n) is 17.8. The van der Waals surface area contributed by atoms with Crippen molar-refractivity contribution >= 4 is 29.9 Å². The van der Waals surface area contributed by atoms with Crippen molar-refractivity contribution in [2.45, 2.75) is 33.1 Å². The van der Waals surface area contributed by atoms with Crippen LogP contribution in [-0.4, -0.2) is 60.5 Å². The van der Waals surface area contributed by atoms with Crippen molar-refractivity contribution in [1.29, 1.82) is 0 Å². The van der Waals surface area contributed by atoms with Crippen LogP contribution in [0.4, 0.5) is 0 Å². The molecule has 1 aliphatic rings. The van der Waals surface area contributed by atoms with Gasteiger partial charge >= 0.3 is 0 Å². The largest absolute Gasteiger partial charge is 0.384 e. The number of aryl methyl sites for hydroxylation is 2. The number of benzene rings is 1. The first kappa shape index (κ1) is 23.7. The average molecular weight is 511 g/mol. The van der Waals surface area contributed by atoms with Gasteiger partial charge in [0.05, 0.1) is 18.0 Å². The van der Waals surface area contributed by atoms with E-state index < -0.39 is 0 Å². The Morgan fingerprint density at radius 3 is 2.83 bits per heavy atom. The number of hydrogen-bond acceptors (Lipinski definition) is 3. The van der Waals surface area contributed by atoms with Gasteiger partial charge in [-0.1, -0.05) is 18.2 Å². The van der Waals surface area contributed by atoms with E-state index in [1.54, 1.807) is 7.11 Å². The van der Waals surface area contributed by atoms with Crippen LogP contribution in [0.1, 0.15) is 31.0 Å². The van der Waals surface area contributed by atoms with Gasteiger partial charge in [-0.05, 0) is 50.8 Å². The minimum Gasteiger partial charge on any atom is -0.384 e. The number of hydrogen-bond donors (Lipinski definition) is 1. The van der Waals surface area contributed by atoms with E-state index in [1.807, 2.05) is 22.9 Å². The molecule has 160 valence electrons. The van der Waals surface area contributed by atoms with Crippen LogP contribution in [0.15, 0.2) is 41.5 Å². The molecule has 1 unspecified atom stereocenters. The minimum absolute atomic E-state index is 0. The zero-order chi connectivity index (χ0) is 19.8. The number of aromatic nitrogens is 2. The molecule has 1 aliphatic heterocycles. The highest BCUT2D eigenvalue weighted by Gasteiger charge is 2.24. The highest BCUT2D eigenvalue weighted by molar-refractivity contribution is 14.0. The van der Waals surface area contributed by atoms with Crippen LogP contribution in [0, 0.1) is 12.8 Å². The van der Waals surface area contributed by atoms with E-state index in [1.165, 1.54) is 12.0 Å². The van der Waals surface area contributed by atoms with Crippen LogP contribution in [0.5, 0.6) is 0 Å². The van der Waals surface area contributed by atoms with Crippen LogP contribution >= 0.6 is 24.0 Å². The lowest BCUT2D eigenvalue weighted by Crippen LogP contribution is -2.40. The molecule has 0 bridgehead atoms. The van der Waals surface area contributed by atoms with Gasteiger partial charge in [-0.3, -0.25) is 4.99 Å². The Balaban J connectivity index is 0.00000300. The molecular weight excluding hydrogens is 477 g/mol. The fraction of sp³-hybridized carbons (Fsp3) is 0.545. The Bertz CT molecular complexity index is 762. The summed E-state index contributed by atoms with van der Waals surface area (Å²) in [6.45, 7) is 8.85. The smallest absolute Gasteiger partial charge is 0.193 e. The molecule has 0 radical (unpaired) electrons. The normalized spacial score (nSPS) is 16.7. The Morgan fingerprint density at radius 1 is 1.31 bits per heavy atom. The molecule has 2 heterocycles. The lowest BCUT2D eigenvalue weighted by molar-refractivity contribution is 0.157. The van der Waals surface area contributed by atoms with E-state index in [9.17, 15) is 0 Å². The molecule has 3 rings (SSSR count). The van der Waals surface area contributed by atoms with Crippen molar-refractivity contribution in [3.63, 3.8) is 0 Å². The molecule has 1 saturated heterocycles. The Kier molecular flexibility index (Phi) is 9.93. The highest BCUT2D eigenvalue weighted by Crippen LogP contribution is 2.17. The molecule has 0 amide bonds. The zero-order valence-corrected chi connectivity index (χ0v) is 20.1. The summed E-state index contributed by atoms with van der Waals surface area (Å²) < 4.78 is 7.28. The van der Waals surface area contributed by atoms with Gasteiger partial charge in [0, 0.05) is 45.4 Å². The van der Waals surface area contributed by atoms with Crippen LogP contribution in [0.25, 0.3) is 5.69 Å². The van der Waals surface area contributed by atoms with E-state index in [-0.39, 0.29) is 24.0 Å². The van der Waals surface area contributed by atoms with Gasteiger partial charge in [0.15, 0.2) is 5.96 Å². The van der Waals surface area contributed by atoms with E-state index in [0.29, 0.717) is 5.92 Å². The summed E-state index contributed by atoms with van der Waals surface area (Å²) in [5, 5.41) is 8.10. The summed E-state index contributed by atoms with van der Waals surface area (Å²) in [5.41, 5.74) is 3.50. The summed E-state index contributed by atoms with van der Waals surface area (Å²) in [6, 6.07) is 10.3. The standard InChI is InChI=1S/C22H33N5O.HI/c1-4-23-22(26-14-12-19(15-26)17-28-3)24-13-8-9-20-16-27(25-18(20)2)21-10-6-5-7-11-21;/h5-7,10-11,16,19H,4,8-9,12-15,17H2,1-3H3,(H,23,24);1H. The van der Waals surface area contributed by atoms with Gasteiger partial charge in [0.1, 0.15) is 0 Å². The predicted octanol–water partition coefficient (Wildman–Crippen LogP) is 3.67. The van der Waals surface area contributed by atoms with E-state index in [2.05, 4.69) is 47.5 Å². The molecule has 1 aromatic carbocycles. The third-order valence-corrected chi connectivity index (χ3v) is 5.21. The van der Waals surface area contributed by atoms with Gasteiger partial charge < -0.3 is 15.0 Å². The molecule has 1 fully saturated rings. The second kappa shape index (κ2) is 12.2. The first-order valence-corrected chi connectivity index (χ1v) is 10.3. The van der Waals surface area contributed by atoms with Crippen LogP contribution in [0.2, 0.25) is 0 Å². The maximum absolute atomic E-state index is 5.31. The summed E-state index contributed by atoms with van der Waals surface area (Å²) in [4.78, 5) is 7.23.